The minimum absolute atomic E-state index is 0.169. The highest BCUT2D eigenvalue weighted by molar-refractivity contribution is 9.09. The van der Waals surface area contributed by atoms with Gasteiger partial charge in [0.1, 0.15) is 16.5 Å². The number of alkyl halides is 1. The summed E-state index contributed by atoms with van der Waals surface area (Å²) in [6, 6.07) is 2.54. The summed E-state index contributed by atoms with van der Waals surface area (Å²) in [7, 11) is -3.81. The third-order valence-electron chi connectivity index (χ3n) is 3.56. The predicted molar refractivity (Wildman–Crippen MR) is 74.7 cm³/mol. The van der Waals surface area contributed by atoms with Gasteiger partial charge in [-0.1, -0.05) is 15.9 Å². The molecule has 0 unspecified atom stereocenters. The Morgan fingerprint density at radius 2 is 1.90 bits per heavy atom. The van der Waals surface area contributed by atoms with Crippen molar-refractivity contribution in [1.29, 1.82) is 0 Å². The van der Waals surface area contributed by atoms with Crippen LogP contribution in [-0.4, -0.2) is 32.7 Å². The van der Waals surface area contributed by atoms with E-state index in [2.05, 4.69) is 15.9 Å². The third-order valence-corrected chi connectivity index (χ3v) is 6.75. The molecule has 1 aromatic rings. The summed E-state index contributed by atoms with van der Waals surface area (Å²) in [4.78, 5) is -0.439. The number of benzene rings is 1. The lowest BCUT2D eigenvalue weighted by atomic mass is 9.85. The maximum Gasteiger partial charge on any atom is 0.181 e. The van der Waals surface area contributed by atoms with Gasteiger partial charge < -0.3 is 4.74 Å². The molecule has 0 amide bonds. The predicted octanol–water partition coefficient (Wildman–Crippen LogP) is 2.93. The molecule has 1 aromatic carbocycles. The highest BCUT2D eigenvalue weighted by Crippen LogP contribution is 2.36. The van der Waals surface area contributed by atoms with Gasteiger partial charge in [0.2, 0.25) is 0 Å². The second kappa shape index (κ2) is 6.07. The first-order valence-electron chi connectivity index (χ1n) is 6.20. The number of ether oxygens (including phenoxy) is 1. The number of halogens is 3. The van der Waals surface area contributed by atoms with E-state index in [1.54, 1.807) is 0 Å². The molecule has 0 aliphatic carbocycles. The van der Waals surface area contributed by atoms with Gasteiger partial charge in [0, 0.05) is 24.6 Å². The van der Waals surface area contributed by atoms with Gasteiger partial charge in [-0.3, -0.25) is 0 Å². The molecule has 1 heterocycles. The molecule has 20 heavy (non-hydrogen) atoms. The quantitative estimate of drug-likeness (QED) is 0.606. The van der Waals surface area contributed by atoms with Crippen LogP contribution < -0.4 is 0 Å². The summed E-state index contributed by atoms with van der Waals surface area (Å²) in [6.07, 6.45) is 1.20. The van der Waals surface area contributed by atoms with Gasteiger partial charge in [-0.2, -0.15) is 0 Å². The Balaban J connectivity index is 2.30. The first-order valence-corrected chi connectivity index (χ1v) is 8.97. The van der Waals surface area contributed by atoms with Crippen molar-refractivity contribution in [2.24, 2.45) is 5.41 Å². The van der Waals surface area contributed by atoms with Crippen LogP contribution in [-0.2, 0) is 14.6 Å². The summed E-state index contributed by atoms with van der Waals surface area (Å²) in [5, 5.41) is 0.505. The maximum absolute atomic E-state index is 13.7. The zero-order valence-corrected chi connectivity index (χ0v) is 13.1. The van der Waals surface area contributed by atoms with Gasteiger partial charge in [-0.05, 0) is 30.4 Å². The Morgan fingerprint density at radius 3 is 2.45 bits per heavy atom. The molecule has 0 N–H and O–H groups in total. The second-order valence-electron chi connectivity index (χ2n) is 5.08. The zero-order valence-electron chi connectivity index (χ0n) is 10.7. The fourth-order valence-electron chi connectivity index (χ4n) is 2.33. The van der Waals surface area contributed by atoms with E-state index in [4.69, 9.17) is 4.74 Å². The van der Waals surface area contributed by atoms with Crippen molar-refractivity contribution in [3.05, 3.63) is 29.8 Å². The van der Waals surface area contributed by atoms with Crippen LogP contribution in [0.2, 0.25) is 0 Å². The zero-order chi connectivity index (χ0) is 14.8. The fourth-order valence-corrected chi connectivity index (χ4v) is 5.33. The molecule has 0 aromatic heterocycles. The van der Waals surface area contributed by atoms with Crippen molar-refractivity contribution in [2.75, 3.05) is 24.3 Å². The van der Waals surface area contributed by atoms with Crippen molar-refractivity contribution < 1.29 is 21.9 Å². The molecule has 112 valence electrons. The molecule has 1 fully saturated rings. The lowest BCUT2D eigenvalue weighted by Crippen LogP contribution is -2.37. The Bertz CT molecular complexity index is 583. The second-order valence-corrected chi connectivity index (χ2v) is 7.60. The highest BCUT2D eigenvalue weighted by atomic mass is 79.9. The minimum Gasteiger partial charge on any atom is -0.381 e. The van der Waals surface area contributed by atoms with E-state index in [0.717, 1.165) is 12.1 Å². The van der Waals surface area contributed by atoms with Gasteiger partial charge in [-0.15, -0.1) is 0 Å². The van der Waals surface area contributed by atoms with E-state index in [0.29, 0.717) is 37.5 Å². The van der Waals surface area contributed by atoms with Crippen molar-refractivity contribution >= 4 is 25.8 Å². The number of hydrogen-bond acceptors (Lipinski definition) is 3. The SMILES string of the molecule is O=S(=O)(CC1(CBr)CCOCC1)c1ccc(F)cc1F. The lowest BCUT2D eigenvalue weighted by molar-refractivity contribution is 0.0367. The summed E-state index contributed by atoms with van der Waals surface area (Å²) in [5.74, 6) is -2.00. The average Bonchev–Trinajstić information content (AvgIpc) is 2.38. The van der Waals surface area contributed by atoms with Crippen LogP contribution in [0.4, 0.5) is 8.78 Å². The first kappa shape index (κ1) is 15.9. The van der Waals surface area contributed by atoms with Gasteiger partial charge in [0.15, 0.2) is 9.84 Å². The molecular formula is C13H15BrF2O3S. The van der Waals surface area contributed by atoms with Crippen molar-refractivity contribution in [3.63, 3.8) is 0 Å². The number of rotatable bonds is 4. The molecule has 1 aliphatic rings. The minimum atomic E-state index is -3.81. The van der Waals surface area contributed by atoms with Crippen molar-refractivity contribution in [2.45, 2.75) is 17.7 Å². The van der Waals surface area contributed by atoms with E-state index in [1.807, 2.05) is 0 Å². The van der Waals surface area contributed by atoms with Gasteiger partial charge in [-0.25, -0.2) is 17.2 Å². The monoisotopic (exact) mass is 368 g/mol. The largest absolute Gasteiger partial charge is 0.381 e. The molecule has 1 saturated heterocycles. The van der Waals surface area contributed by atoms with Crippen LogP contribution in [0, 0.1) is 17.0 Å². The van der Waals surface area contributed by atoms with Crippen molar-refractivity contribution in [3.8, 4) is 0 Å². The highest BCUT2D eigenvalue weighted by Gasteiger charge is 2.37. The lowest BCUT2D eigenvalue weighted by Gasteiger charge is -2.35. The molecule has 2 rings (SSSR count). The normalized spacial score (nSPS) is 18.9. The maximum atomic E-state index is 13.7. The van der Waals surface area contributed by atoms with Crippen LogP contribution >= 0.6 is 15.9 Å². The van der Waals surface area contributed by atoms with E-state index in [9.17, 15) is 17.2 Å². The van der Waals surface area contributed by atoms with Gasteiger partial charge in [0.05, 0.1) is 5.75 Å². The topological polar surface area (TPSA) is 43.4 Å². The van der Waals surface area contributed by atoms with Crippen LogP contribution in [0.15, 0.2) is 23.1 Å². The molecule has 7 heteroatoms. The molecule has 0 spiro atoms. The Labute approximate surface area is 125 Å². The molecule has 0 atom stereocenters. The van der Waals surface area contributed by atoms with Gasteiger partial charge in [0.25, 0.3) is 0 Å². The third kappa shape index (κ3) is 3.38. The Morgan fingerprint density at radius 1 is 1.25 bits per heavy atom. The van der Waals surface area contributed by atoms with E-state index >= 15 is 0 Å². The van der Waals surface area contributed by atoms with Crippen LogP contribution in [0.1, 0.15) is 12.8 Å². The number of hydrogen-bond donors (Lipinski definition) is 0. The summed E-state index contributed by atoms with van der Waals surface area (Å²) < 4.78 is 56.5. The Hall–Kier alpha value is -0.530. The summed E-state index contributed by atoms with van der Waals surface area (Å²) >= 11 is 3.35. The fraction of sp³-hybridized carbons (Fsp3) is 0.538. The van der Waals surface area contributed by atoms with E-state index < -0.39 is 31.8 Å². The van der Waals surface area contributed by atoms with Crippen LogP contribution in [0.3, 0.4) is 0 Å². The Kier molecular flexibility index (Phi) is 4.81. The molecule has 0 radical (unpaired) electrons. The molecule has 0 saturated carbocycles. The van der Waals surface area contributed by atoms with E-state index in [1.165, 1.54) is 0 Å². The summed E-state index contributed by atoms with van der Waals surface area (Å²) in [5.41, 5.74) is -0.460. The van der Waals surface area contributed by atoms with Gasteiger partial charge >= 0.3 is 0 Å². The molecule has 0 bridgehead atoms. The molecular weight excluding hydrogens is 354 g/mol. The van der Waals surface area contributed by atoms with Crippen molar-refractivity contribution in [1.82, 2.24) is 0 Å². The van der Waals surface area contributed by atoms with Crippen LogP contribution in [0.5, 0.6) is 0 Å². The number of sulfone groups is 1. The molecule has 1 aliphatic heterocycles. The average molecular weight is 369 g/mol. The summed E-state index contributed by atoms with van der Waals surface area (Å²) in [6.45, 7) is 0.986. The molecule has 3 nitrogen and oxygen atoms in total. The standard InChI is InChI=1S/C13H15BrF2O3S/c14-8-13(3-5-19-6-4-13)9-20(17,18)12-2-1-10(15)7-11(12)16/h1-2,7H,3-6,8-9H2. The van der Waals surface area contributed by atoms with E-state index in [-0.39, 0.29) is 5.75 Å². The smallest absolute Gasteiger partial charge is 0.181 e. The first-order chi connectivity index (χ1) is 9.38. The van der Waals surface area contributed by atoms with Crippen LogP contribution in [0.25, 0.3) is 0 Å².